The molecule has 0 aliphatic rings. The van der Waals surface area contributed by atoms with Crippen LogP contribution in [0.15, 0.2) is 0 Å². The van der Waals surface area contributed by atoms with Gasteiger partial charge in [0.25, 0.3) is 0 Å². The largest absolute Gasteiger partial charge is 0.500 e. The fourth-order valence-corrected chi connectivity index (χ4v) is 9.91. The molecule has 3 unspecified atom stereocenters. The van der Waals surface area contributed by atoms with Gasteiger partial charge in [-0.2, -0.15) is 0 Å². The number of aliphatic hydroxyl groups excluding tert-OH is 2. The number of ether oxygens (including phenoxy) is 2. The molecule has 16 nitrogen and oxygen atoms in total. The van der Waals surface area contributed by atoms with Gasteiger partial charge in [-0.3, -0.25) is 19.2 Å². The lowest BCUT2D eigenvalue weighted by Crippen LogP contribution is -2.46. The first kappa shape index (κ1) is 65.6. The predicted octanol–water partition coefficient (Wildman–Crippen LogP) is 6.70. The molecule has 0 heterocycles. The van der Waals surface area contributed by atoms with E-state index < -0.39 is 23.0 Å². The Kier molecular flexibility index (Phi) is 45.1. The summed E-state index contributed by atoms with van der Waals surface area (Å²) in [5.41, 5.74) is -0.421. The van der Waals surface area contributed by atoms with Gasteiger partial charge in [0.2, 0.25) is 11.8 Å². The van der Waals surface area contributed by atoms with Crippen molar-refractivity contribution in [3.05, 3.63) is 0 Å². The number of carbonyl (C=O) groups is 4. The molecule has 4 N–H and O–H groups in total. The molecule has 0 aliphatic heterocycles. The zero-order valence-corrected chi connectivity index (χ0v) is 43.2. The second kappa shape index (κ2) is 42.0. The fourth-order valence-electron chi connectivity index (χ4n) is 4.69. The van der Waals surface area contributed by atoms with E-state index in [0.717, 1.165) is 50.6 Å². The highest BCUT2D eigenvalue weighted by Gasteiger charge is 2.40. The van der Waals surface area contributed by atoms with Crippen LogP contribution in [-0.2, 0) is 55.2 Å². The van der Waals surface area contributed by atoms with Gasteiger partial charge in [-0.25, -0.2) is 0 Å². The Morgan fingerprint density at radius 1 is 0.525 bits per heavy atom. The SMILES string of the molecule is CCC(C)(C)C(=O)OCCO.CCC(C)C(=O)OCCO.CCO[Si](CCCNC(=O)C(C)CC)(OCC)OCC.CCO[Si](CCCNC(=O)C(C)CC)(OCC)OCC. The molecule has 0 spiro atoms. The van der Waals surface area contributed by atoms with Gasteiger partial charge in [0.15, 0.2) is 0 Å². The van der Waals surface area contributed by atoms with E-state index in [1.165, 1.54) is 0 Å². The summed E-state index contributed by atoms with van der Waals surface area (Å²) in [4.78, 5) is 45.3. The minimum Gasteiger partial charge on any atom is -0.463 e. The van der Waals surface area contributed by atoms with Crippen molar-refractivity contribution in [2.24, 2.45) is 23.2 Å². The van der Waals surface area contributed by atoms with Crippen LogP contribution in [0.25, 0.3) is 0 Å². The summed E-state index contributed by atoms with van der Waals surface area (Å²) in [6, 6.07) is 1.48. The molecule has 0 saturated heterocycles. The van der Waals surface area contributed by atoms with Crippen LogP contribution in [0.1, 0.15) is 142 Å². The average Bonchev–Trinajstić information content (AvgIpc) is 3.25. The number of hydrogen-bond donors (Lipinski definition) is 4. The van der Waals surface area contributed by atoms with Crippen LogP contribution in [0.3, 0.4) is 0 Å². The third-order valence-corrected chi connectivity index (χ3v) is 15.6. The molecule has 18 heteroatoms. The van der Waals surface area contributed by atoms with Crippen LogP contribution in [0, 0.1) is 23.2 Å². The van der Waals surface area contributed by atoms with Gasteiger partial charge < -0.3 is 56.9 Å². The van der Waals surface area contributed by atoms with Crippen molar-refractivity contribution in [3.8, 4) is 0 Å². The monoisotopic (exact) mass is 917 g/mol. The molecule has 61 heavy (non-hydrogen) atoms. The number of rotatable bonds is 32. The van der Waals surface area contributed by atoms with E-state index >= 15 is 0 Å². The molecule has 0 radical (unpaired) electrons. The molecule has 0 aromatic heterocycles. The maximum Gasteiger partial charge on any atom is 0.500 e. The van der Waals surface area contributed by atoms with E-state index in [1.807, 2.05) is 96.9 Å². The van der Waals surface area contributed by atoms with Crippen LogP contribution >= 0.6 is 0 Å². The highest BCUT2D eigenvalue weighted by atomic mass is 28.4. The Hall–Kier alpha value is -2.01. The van der Waals surface area contributed by atoms with E-state index in [9.17, 15) is 19.2 Å². The van der Waals surface area contributed by atoms with E-state index in [4.69, 9.17) is 41.5 Å². The van der Waals surface area contributed by atoms with Crippen LogP contribution in [0.5, 0.6) is 0 Å². The van der Waals surface area contributed by atoms with Crippen LogP contribution < -0.4 is 10.6 Å². The molecule has 0 saturated carbocycles. The normalized spacial score (nSPS) is 12.8. The van der Waals surface area contributed by atoms with Gasteiger partial charge in [0.05, 0.1) is 24.5 Å². The van der Waals surface area contributed by atoms with Gasteiger partial charge in [-0.1, -0.05) is 48.5 Å². The number of hydrogen-bond acceptors (Lipinski definition) is 14. The van der Waals surface area contributed by atoms with Crippen molar-refractivity contribution in [1.29, 1.82) is 0 Å². The topological polar surface area (TPSA) is 207 Å². The molecule has 3 atom stereocenters. The molecule has 2 amide bonds. The summed E-state index contributed by atoms with van der Waals surface area (Å²) in [7, 11) is -5.11. The number of amides is 2. The molecule has 0 bridgehead atoms. The number of carbonyl (C=O) groups excluding carboxylic acids is 4. The molecule has 0 rings (SSSR count). The Labute approximate surface area is 373 Å². The Morgan fingerprint density at radius 2 is 0.836 bits per heavy atom. The average molecular weight is 917 g/mol. The predicted molar refractivity (Wildman–Crippen MR) is 245 cm³/mol. The van der Waals surface area contributed by atoms with Gasteiger partial charge >= 0.3 is 29.5 Å². The number of esters is 2. The number of nitrogens with one attached hydrogen (secondary N) is 2. The lowest BCUT2D eigenvalue weighted by Gasteiger charge is -2.28. The summed E-state index contributed by atoms with van der Waals surface area (Å²) in [6.45, 7) is 33.7. The summed E-state index contributed by atoms with van der Waals surface area (Å²) >= 11 is 0. The minimum absolute atomic E-state index is 0.0495. The van der Waals surface area contributed by atoms with Crippen LogP contribution in [-0.4, -0.2) is 131 Å². The summed E-state index contributed by atoms with van der Waals surface area (Å²) in [6.07, 6.45) is 4.88. The van der Waals surface area contributed by atoms with Crippen LogP contribution in [0.2, 0.25) is 12.1 Å². The van der Waals surface area contributed by atoms with E-state index in [1.54, 1.807) is 6.92 Å². The van der Waals surface area contributed by atoms with Crippen LogP contribution in [0.4, 0.5) is 0 Å². The Bertz CT molecular complexity index is 988. The second-order valence-electron chi connectivity index (χ2n) is 14.7. The highest BCUT2D eigenvalue weighted by molar-refractivity contribution is 6.61. The minimum atomic E-state index is -2.55. The fraction of sp³-hybridized carbons (Fsp3) is 0.907. The zero-order chi connectivity index (χ0) is 47.8. The lowest BCUT2D eigenvalue weighted by molar-refractivity contribution is -0.155. The van der Waals surface area contributed by atoms with Gasteiger partial charge in [-0.05, 0) is 93.9 Å². The molecule has 0 aromatic rings. The molecular formula is C43H92N2O14Si2. The number of aliphatic hydroxyl groups is 2. The standard InChI is InChI=1S/2C14H31NO4Si.C8H16O3.C7H14O3/c2*1-6-13(5)14(16)15-11-10-12-20(17-7-2,18-8-3)19-9-4;1-4-8(2,3)7(10)11-6-5-9;1-3-6(2)7(9)10-5-4-8/h2*13H,6-12H2,1-5H3,(H,15,16);9H,4-6H2,1-3H3;6,8H,3-5H2,1-2H3. The van der Waals surface area contributed by atoms with Crippen molar-refractivity contribution >= 4 is 41.4 Å². The van der Waals surface area contributed by atoms with Gasteiger partial charge in [0.1, 0.15) is 13.2 Å². The third kappa shape index (κ3) is 34.1. The maximum atomic E-state index is 11.7. The summed E-state index contributed by atoms with van der Waals surface area (Å²) in [5, 5.41) is 22.6. The molecule has 0 aliphatic carbocycles. The quantitative estimate of drug-likeness (QED) is 0.0315. The zero-order valence-electron chi connectivity index (χ0n) is 41.2. The summed E-state index contributed by atoms with van der Waals surface area (Å²) in [5.74, 6) is -0.143. The van der Waals surface area contributed by atoms with Crippen molar-refractivity contribution in [3.63, 3.8) is 0 Å². The second-order valence-corrected chi connectivity index (χ2v) is 20.1. The van der Waals surface area contributed by atoms with Crippen molar-refractivity contribution in [2.45, 2.75) is 154 Å². The third-order valence-electron chi connectivity index (χ3n) is 9.33. The lowest BCUT2D eigenvalue weighted by atomic mass is 9.91. The van der Waals surface area contributed by atoms with Crippen molar-refractivity contribution in [2.75, 3.05) is 79.2 Å². The van der Waals surface area contributed by atoms with Crippen molar-refractivity contribution in [1.82, 2.24) is 10.6 Å². The van der Waals surface area contributed by atoms with E-state index in [-0.39, 0.29) is 67.9 Å². The van der Waals surface area contributed by atoms with E-state index in [0.29, 0.717) is 52.7 Å². The Morgan fingerprint density at radius 3 is 1.10 bits per heavy atom. The molecule has 0 fully saturated rings. The van der Waals surface area contributed by atoms with Gasteiger partial charge in [-0.15, -0.1) is 0 Å². The molecule has 0 aromatic carbocycles. The molecular weight excluding hydrogens is 825 g/mol. The first-order chi connectivity index (χ1) is 28.9. The highest BCUT2D eigenvalue weighted by Crippen LogP contribution is 2.21. The molecule has 366 valence electrons. The Balaban J connectivity index is -0.000000371. The maximum absolute atomic E-state index is 11.7. The van der Waals surface area contributed by atoms with Gasteiger partial charge in [0, 0.05) is 76.7 Å². The first-order valence-corrected chi connectivity index (χ1v) is 26.7. The summed E-state index contributed by atoms with van der Waals surface area (Å²) < 4.78 is 44.0. The van der Waals surface area contributed by atoms with Crippen molar-refractivity contribution < 1.29 is 65.4 Å². The van der Waals surface area contributed by atoms with E-state index in [2.05, 4.69) is 15.4 Å². The smallest absolute Gasteiger partial charge is 0.463 e. The first-order valence-electron chi connectivity index (χ1n) is 22.8.